The van der Waals surface area contributed by atoms with Crippen molar-refractivity contribution in [3.05, 3.63) is 77.2 Å². The summed E-state index contributed by atoms with van der Waals surface area (Å²) in [6.45, 7) is 4.61. The number of hydrogen-bond donors (Lipinski definition) is 1. The Morgan fingerprint density at radius 1 is 1.11 bits per heavy atom. The molecule has 136 valence electrons. The topological polar surface area (TPSA) is 58.1 Å². The van der Waals surface area contributed by atoms with Gasteiger partial charge in [-0.15, -0.1) is 0 Å². The first-order valence-electron chi connectivity index (χ1n) is 9.26. The Morgan fingerprint density at radius 2 is 1.89 bits per heavy atom. The molecule has 0 saturated heterocycles. The molecule has 0 unspecified atom stereocenters. The molecule has 0 radical (unpaired) electrons. The second kappa shape index (κ2) is 7.19. The average Bonchev–Trinajstić information content (AvgIpc) is 3.11. The number of hydrogen-bond acceptors (Lipinski definition) is 4. The number of rotatable bonds is 4. The second-order valence-electron chi connectivity index (χ2n) is 6.66. The van der Waals surface area contributed by atoms with Gasteiger partial charge in [-0.1, -0.05) is 43.3 Å². The number of carbonyl (C=O) groups excluding carboxylic acids is 1. The van der Waals surface area contributed by atoms with E-state index in [0.717, 1.165) is 24.2 Å². The van der Waals surface area contributed by atoms with Crippen LogP contribution in [-0.2, 0) is 12.8 Å². The molecule has 5 heteroatoms. The predicted molar refractivity (Wildman–Crippen MR) is 108 cm³/mol. The maximum absolute atomic E-state index is 13.1. The van der Waals surface area contributed by atoms with Crippen LogP contribution in [0.15, 0.2) is 54.6 Å². The van der Waals surface area contributed by atoms with Crippen LogP contribution >= 0.6 is 0 Å². The highest BCUT2D eigenvalue weighted by molar-refractivity contribution is 6.06. The number of para-hydroxylation sites is 2. The number of anilines is 3. The minimum atomic E-state index is -0.0859. The molecule has 0 atom stereocenters. The van der Waals surface area contributed by atoms with Gasteiger partial charge in [0.2, 0.25) is 0 Å². The van der Waals surface area contributed by atoms with Crippen LogP contribution < -0.4 is 10.2 Å². The van der Waals surface area contributed by atoms with Gasteiger partial charge in [-0.3, -0.25) is 4.79 Å². The molecular formula is C22H22N4O. The van der Waals surface area contributed by atoms with Crippen molar-refractivity contribution in [3.8, 4) is 0 Å². The number of aromatic nitrogens is 2. The van der Waals surface area contributed by atoms with Crippen molar-refractivity contribution in [1.82, 2.24) is 9.97 Å². The highest BCUT2D eigenvalue weighted by Crippen LogP contribution is 2.29. The number of nitrogens with zero attached hydrogens (tertiary/aromatic N) is 3. The van der Waals surface area contributed by atoms with Crippen LogP contribution in [0, 0.1) is 6.92 Å². The first-order valence-corrected chi connectivity index (χ1v) is 9.26. The molecule has 0 spiro atoms. The van der Waals surface area contributed by atoms with Crippen molar-refractivity contribution >= 4 is 23.1 Å². The third-order valence-corrected chi connectivity index (χ3v) is 4.85. The first-order chi connectivity index (χ1) is 13.2. The lowest BCUT2D eigenvalue weighted by Gasteiger charge is -2.18. The largest absolute Gasteiger partial charge is 0.340 e. The van der Waals surface area contributed by atoms with E-state index in [9.17, 15) is 4.79 Å². The number of nitrogens with one attached hydrogen (secondary N) is 1. The number of carbonyl (C=O) groups is 1. The highest BCUT2D eigenvalue weighted by Gasteiger charge is 2.26. The Bertz CT molecular complexity index is 999. The third-order valence-electron chi connectivity index (χ3n) is 4.85. The Morgan fingerprint density at radius 3 is 2.74 bits per heavy atom. The van der Waals surface area contributed by atoms with Crippen LogP contribution in [0.5, 0.6) is 0 Å². The smallest absolute Gasteiger partial charge is 0.277 e. The van der Waals surface area contributed by atoms with E-state index in [4.69, 9.17) is 0 Å². The van der Waals surface area contributed by atoms with E-state index >= 15 is 0 Å². The molecule has 2 heterocycles. The summed E-state index contributed by atoms with van der Waals surface area (Å²) in [7, 11) is 0. The molecule has 0 saturated carbocycles. The molecule has 0 aliphatic carbocycles. The van der Waals surface area contributed by atoms with E-state index in [-0.39, 0.29) is 5.91 Å². The molecule has 1 aliphatic heterocycles. The molecule has 0 fully saturated rings. The van der Waals surface area contributed by atoms with Crippen molar-refractivity contribution in [1.29, 1.82) is 0 Å². The van der Waals surface area contributed by atoms with Gasteiger partial charge in [-0.05, 0) is 43.0 Å². The number of benzene rings is 2. The number of fused-ring (bicyclic) bond motifs is 1. The maximum atomic E-state index is 13.1. The zero-order valence-electron chi connectivity index (χ0n) is 15.6. The van der Waals surface area contributed by atoms with Crippen LogP contribution in [0.4, 0.5) is 17.2 Å². The summed E-state index contributed by atoms with van der Waals surface area (Å²) in [4.78, 5) is 23.8. The zero-order valence-corrected chi connectivity index (χ0v) is 15.6. The number of aryl methyl sites for hydroxylation is 2. The third kappa shape index (κ3) is 3.40. The van der Waals surface area contributed by atoms with Crippen LogP contribution in [0.2, 0.25) is 0 Å². The molecule has 1 amide bonds. The predicted octanol–water partition coefficient (Wildman–Crippen LogP) is 4.29. The van der Waals surface area contributed by atoms with Gasteiger partial charge in [0.05, 0.1) is 0 Å². The fraction of sp³-hybridized carbons (Fsp3) is 0.227. The Kier molecular flexibility index (Phi) is 4.59. The summed E-state index contributed by atoms with van der Waals surface area (Å²) >= 11 is 0. The van der Waals surface area contributed by atoms with E-state index in [1.807, 2.05) is 43.3 Å². The van der Waals surface area contributed by atoms with Gasteiger partial charge in [0, 0.05) is 24.0 Å². The summed E-state index contributed by atoms with van der Waals surface area (Å²) in [5, 5.41) is 3.35. The van der Waals surface area contributed by atoms with Gasteiger partial charge in [0.15, 0.2) is 0 Å². The van der Waals surface area contributed by atoms with E-state index in [1.54, 1.807) is 11.0 Å². The highest BCUT2D eigenvalue weighted by atomic mass is 16.2. The Hall–Kier alpha value is -3.21. The summed E-state index contributed by atoms with van der Waals surface area (Å²) in [6.07, 6.45) is 1.80. The maximum Gasteiger partial charge on any atom is 0.277 e. The molecular weight excluding hydrogens is 336 g/mol. The van der Waals surface area contributed by atoms with Crippen LogP contribution in [0.3, 0.4) is 0 Å². The first kappa shape index (κ1) is 17.2. The minimum absolute atomic E-state index is 0.0859. The van der Waals surface area contributed by atoms with Crippen molar-refractivity contribution < 1.29 is 4.79 Å². The van der Waals surface area contributed by atoms with Crippen molar-refractivity contribution in [2.75, 3.05) is 16.8 Å². The minimum Gasteiger partial charge on any atom is -0.340 e. The molecule has 27 heavy (non-hydrogen) atoms. The Labute approximate surface area is 159 Å². The van der Waals surface area contributed by atoms with Crippen molar-refractivity contribution in [2.24, 2.45) is 0 Å². The molecule has 1 aromatic heterocycles. The van der Waals surface area contributed by atoms with Gasteiger partial charge in [-0.25, -0.2) is 9.97 Å². The van der Waals surface area contributed by atoms with Crippen molar-refractivity contribution in [2.45, 2.75) is 26.7 Å². The summed E-state index contributed by atoms with van der Waals surface area (Å²) < 4.78 is 0. The molecule has 3 aromatic rings. The lowest BCUT2D eigenvalue weighted by molar-refractivity contribution is 0.0984. The molecule has 2 aromatic carbocycles. The zero-order chi connectivity index (χ0) is 18.8. The van der Waals surface area contributed by atoms with Crippen LogP contribution in [-0.4, -0.2) is 22.4 Å². The van der Waals surface area contributed by atoms with E-state index in [1.165, 1.54) is 11.1 Å². The normalized spacial score (nSPS) is 12.7. The molecule has 5 nitrogen and oxygen atoms in total. The summed E-state index contributed by atoms with van der Waals surface area (Å²) in [5.74, 6) is 1.13. The van der Waals surface area contributed by atoms with Gasteiger partial charge in [0.25, 0.3) is 5.91 Å². The number of amides is 1. The van der Waals surface area contributed by atoms with E-state index < -0.39 is 0 Å². The standard InChI is InChI=1S/C22H22N4O/c1-3-16-8-4-6-10-18(16)25-21-14-19(23-15(2)24-21)22(27)26-13-12-17-9-5-7-11-20(17)26/h4-11,14H,3,12-13H2,1-2H3,(H,23,24,25). The van der Waals surface area contributed by atoms with Crippen LogP contribution in [0.25, 0.3) is 0 Å². The fourth-order valence-electron chi connectivity index (χ4n) is 3.52. The van der Waals surface area contributed by atoms with Crippen molar-refractivity contribution in [3.63, 3.8) is 0 Å². The fourth-order valence-corrected chi connectivity index (χ4v) is 3.52. The van der Waals surface area contributed by atoms with Gasteiger partial charge >= 0.3 is 0 Å². The molecule has 1 aliphatic rings. The van der Waals surface area contributed by atoms with E-state index in [2.05, 4.69) is 34.3 Å². The van der Waals surface area contributed by atoms with Gasteiger partial charge in [0.1, 0.15) is 17.3 Å². The average molecular weight is 358 g/mol. The monoisotopic (exact) mass is 358 g/mol. The van der Waals surface area contributed by atoms with Gasteiger partial charge in [-0.2, -0.15) is 0 Å². The lowest BCUT2D eigenvalue weighted by atomic mass is 10.1. The summed E-state index contributed by atoms with van der Waals surface area (Å²) in [6, 6.07) is 17.9. The van der Waals surface area contributed by atoms with Gasteiger partial charge < -0.3 is 10.2 Å². The SMILES string of the molecule is CCc1ccccc1Nc1cc(C(=O)N2CCc3ccccc32)nc(C)n1. The summed E-state index contributed by atoms with van der Waals surface area (Å²) in [5.41, 5.74) is 4.80. The molecule has 1 N–H and O–H groups in total. The molecule has 0 bridgehead atoms. The molecule has 4 rings (SSSR count). The lowest BCUT2D eigenvalue weighted by Crippen LogP contribution is -2.30. The quantitative estimate of drug-likeness (QED) is 0.756. The van der Waals surface area contributed by atoms with Crippen LogP contribution in [0.1, 0.15) is 34.4 Å². The van der Waals surface area contributed by atoms with E-state index in [0.29, 0.717) is 23.9 Å². The Balaban J connectivity index is 1.64. The second-order valence-corrected chi connectivity index (χ2v) is 6.66.